The number of imidazole rings is 1. The molecular weight excluding hydrogens is 294 g/mol. The maximum absolute atomic E-state index is 5.59. The van der Waals surface area contributed by atoms with Gasteiger partial charge in [-0.25, -0.2) is 4.98 Å². The van der Waals surface area contributed by atoms with Gasteiger partial charge in [0.15, 0.2) is 11.5 Å². The van der Waals surface area contributed by atoms with Gasteiger partial charge in [-0.2, -0.15) is 0 Å². The van der Waals surface area contributed by atoms with Crippen LogP contribution in [-0.2, 0) is 6.54 Å². The molecule has 0 saturated carbocycles. The van der Waals surface area contributed by atoms with Gasteiger partial charge in [-0.1, -0.05) is 12.1 Å². The number of hydrogen-bond donors (Lipinski definition) is 2. The van der Waals surface area contributed by atoms with E-state index in [9.17, 15) is 0 Å². The summed E-state index contributed by atoms with van der Waals surface area (Å²) in [5.74, 6) is 3.08. The number of hydrogen-bond acceptors (Lipinski definition) is 5. The molecule has 3 aromatic rings. The van der Waals surface area contributed by atoms with Crippen molar-refractivity contribution < 1.29 is 14.2 Å². The Morgan fingerprint density at radius 3 is 2.61 bits per heavy atom. The smallest absolute Gasteiger partial charge is 0.201 e. The van der Waals surface area contributed by atoms with Gasteiger partial charge < -0.3 is 24.5 Å². The zero-order valence-electron chi connectivity index (χ0n) is 12.8. The molecule has 118 valence electrons. The van der Waals surface area contributed by atoms with E-state index in [1.165, 1.54) is 0 Å². The molecule has 0 bridgehead atoms. The number of methoxy groups -OCH3 is 1. The summed E-state index contributed by atoms with van der Waals surface area (Å²) in [6, 6.07) is 11.8. The highest BCUT2D eigenvalue weighted by Gasteiger charge is 2.14. The SMILES string of the molecule is COc1ccc(CNc2nc3cc4c(cc3[nH]2)OCCO4)cc1. The van der Waals surface area contributed by atoms with Gasteiger partial charge in [-0.15, -0.1) is 0 Å². The van der Waals surface area contributed by atoms with Gasteiger partial charge in [0, 0.05) is 18.7 Å². The minimum Gasteiger partial charge on any atom is -0.497 e. The van der Waals surface area contributed by atoms with E-state index < -0.39 is 0 Å². The van der Waals surface area contributed by atoms with Gasteiger partial charge >= 0.3 is 0 Å². The van der Waals surface area contributed by atoms with E-state index in [0.29, 0.717) is 19.8 Å². The fourth-order valence-electron chi connectivity index (χ4n) is 2.56. The highest BCUT2D eigenvalue weighted by atomic mass is 16.6. The molecule has 0 spiro atoms. The normalized spacial score (nSPS) is 13.1. The number of benzene rings is 2. The van der Waals surface area contributed by atoms with E-state index in [4.69, 9.17) is 14.2 Å². The minimum atomic E-state index is 0.575. The highest BCUT2D eigenvalue weighted by molar-refractivity contribution is 5.81. The maximum Gasteiger partial charge on any atom is 0.201 e. The minimum absolute atomic E-state index is 0.575. The first kappa shape index (κ1) is 13.8. The molecule has 2 heterocycles. The van der Waals surface area contributed by atoms with E-state index in [0.717, 1.165) is 39.8 Å². The van der Waals surface area contributed by atoms with Crippen LogP contribution >= 0.6 is 0 Å². The number of fused-ring (bicyclic) bond motifs is 2. The molecule has 0 saturated heterocycles. The second-order valence-corrected chi connectivity index (χ2v) is 5.30. The largest absolute Gasteiger partial charge is 0.497 e. The number of H-pyrrole nitrogens is 1. The summed E-state index contributed by atoms with van der Waals surface area (Å²) in [6.07, 6.45) is 0. The van der Waals surface area contributed by atoms with E-state index in [1.54, 1.807) is 7.11 Å². The average molecular weight is 311 g/mol. The third-order valence-electron chi connectivity index (χ3n) is 3.76. The number of aromatic nitrogens is 2. The summed E-state index contributed by atoms with van der Waals surface area (Å²) in [4.78, 5) is 7.80. The number of ether oxygens (including phenoxy) is 3. The summed E-state index contributed by atoms with van der Waals surface area (Å²) in [7, 11) is 1.66. The van der Waals surface area contributed by atoms with Gasteiger partial charge in [-0.05, 0) is 17.7 Å². The number of rotatable bonds is 4. The van der Waals surface area contributed by atoms with Gasteiger partial charge in [0.2, 0.25) is 5.95 Å². The summed E-state index contributed by atoms with van der Waals surface area (Å²) in [5.41, 5.74) is 2.93. The van der Waals surface area contributed by atoms with Crippen molar-refractivity contribution in [1.82, 2.24) is 9.97 Å². The standard InChI is InChI=1S/C17H17N3O3/c1-21-12-4-2-11(3-5-12)10-18-17-19-13-8-15-16(9-14(13)20-17)23-7-6-22-15/h2-5,8-9H,6-7,10H2,1H3,(H2,18,19,20). The second kappa shape index (κ2) is 5.72. The summed E-state index contributed by atoms with van der Waals surface area (Å²) >= 11 is 0. The summed E-state index contributed by atoms with van der Waals surface area (Å²) < 4.78 is 16.3. The van der Waals surface area contributed by atoms with Gasteiger partial charge in [0.05, 0.1) is 18.1 Å². The molecule has 2 aromatic carbocycles. The van der Waals surface area contributed by atoms with Crippen molar-refractivity contribution in [2.75, 3.05) is 25.6 Å². The van der Waals surface area contributed by atoms with Gasteiger partial charge in [0.25, 0.3) is 0 Å². The Hall–Kier alpha value is -2.89. The van der Waals surface area contributed by atoms with Crippen LogP contribution in [0, 0.1) is 0 Å². The molecular formula is C17H17N3O3. The number of aromatic amines is 1. The molecule has 6 nitrogen and oxygen atoms in total. The molecule has 0 atom stereocenters. The number of nitrogens with zero attached hydrogens (tertiary/aromatic N) is 1. The first-order valence-electron chi connectivity index (χ1n) is 7.48. The van der Waals surface area contributed by atoms with Crippen molar-refractivity contribution in [3.8, 4) is 17.2 Å². The number of nitrogens with one attached hydrogen (secondary N) is 2. The molecule has 6 heteroatoms. The van der Waals surface area contributed by atoms with Crippen LogP contribution in [0.1, 0.15) is 5.56 Å². The summed E-state index contributed by atoms with van der Waals surface area (Å²) in [5, 5.41) is 3.29. The lowest BCUT2D eigenvalue weighted by Gasteiger charge is -2.17. The number of anilines is 1. The fourth-order valence-corrected chi connectivity index (χ4v) is 2.56. The van der Waals surface area contributed by atoms with Crippen LogP contribution in [0.2, 0.25) is 0 Å². The molecule has 4 rings (SSSR count). The maximum atomic E-state index is 5.59. The van der Waals surface area contributed by atoms with Crippen molar-refractivity contribution in [3.05, 3.63) is 42.0 Å². The van der Waals surface area contributed by atoms with Crippen molar-refractivity contribution in [3.63, 3.8) is 0 Å². The molecule has 23 heavy (non-hydrogen) atoms. The summed E-state index contributed by atoms with van der Waals surface area (Å²) in [6.45, 7) is 1.83. The molecule has 0 amide bonds. The Balaban J connectivity index is 1.52. The lowest BCUT2D eigenvalue weighted by atomic mass is 10.2. The lowest BCUT2D eigenvalue weighted by molar-refractivity contribution is 0.172. The van der Waals surface area contributed by atoms with E-state index in [1.807, 2.05) is 36.4 Å². The first-order valence-corrected chi connectivity index (χ1v) is 7.48. The Labute approximate surface area is 133 Å². The van der Waals surface area contributed by atoms with E-state index in [2.05, 4.69) is 15.3 Å². The van der Waals surface area contributed by atoms with Gasteiger partial charge in [0.1, 0.15) is 19.0 Å². The molecule has 0 aliphatic carbocycles. The van der Waals surface area contributed by atoms with Gasteiger partial charge in [-0.3, -0.25) is 0 Å². The van der Waals surface area contributed by atoms with Crippen LogP contribution in [-0.4, -0.2) is 30.3 Å². The molecule has 0 unspecified atom stereocenters. The third kappa shape index (κ3) is 2.75. The molecule has 0 fully saturated rings. The monoisotopic (exact) mass is 311 g/mol. The Morgan fingerprint density at radius 1 is 1.13 bits per heavy atom. The van der Waals surface area contributed by atoms with Crippen LogP contribution in [0.5, 0.6) is 17.2 Å². The predicted molar refractivity (Wildman–Crippen MR) is 87.4 cm³/mol. The highest BCUT2D eigenvalue weighted by Crippen LogP contribution is 2.34. The van der Waals surface area contributed by atoms with Crippen LogP contribution in [0.15, 0.2) is 36.4 Å². The quantitative estimate of drug-likeness (QED) is 0.775. The van der Waals surface area contributed by atoms with Crippen LogP contribution in [0.25, 0.3) is 11.0 Å². The Kier molecular flexibility index (Phi) is 3.42. The predicted octanol–water partition coefficient (Wildman–Crippen LogP) is 2.95. The van der Waals surface area contributed by atoms with Crippen LogP contribution in [0.3, 0.4) is 0 Å². The van der Waals surface area contributed by atoms with E-state index in [-0.39, 0.29) is 0 Å². The zero-order valence-corrected chi connectivity index (χ0v) is 12.8. The van der Waals surface area contributed by atoms with E-state index >= 15 is 0 Å². The zero-order chi connectivity index (χ0) is 15.6. The second-order valence-electron chi connectivity index (χ2n) is 5.30. The topological polar surface area (TPSA) is 68.4 Å². The van der Waals surface area contributed by atoms with Crippen LogP contribution in [0.4, 0.5) is 5.95 Å². The molecule has 2 N–H and O–H groups in total. The molecule has 1 aliphatic rings. The van der Waals surface area contributed by atoms with Crippen LogP contribution < -0.4 is 19.5 Å². The Morgan fingerprint density at radius 2 is 1.87 bits per heavy atom. The van der Waals surface area contributed by atoms with Crippen molar-refractivity contribution in [2.45, 2.75) is 6.54 Å². The van der Waals surface area contributed by atoms with Crippen molar-refractivity contribution >= 4 is 17.0 Å². The Bertz CT molecular complexity index is 784. The molecule has 0 radical (unpaired) electrons. The van der Waals surface area contributed by atoms with Crippen molar-refractivity contribution in [2.24, 2.45) is 0 Å². The fraction of sp³-hybridized carbons (Fsp3) is 0.235. The third-order valence-corrected chi connectivity index (χ3v) is 3.76. The first-order chi connectivity index (χ1) is 11.3. The average Bonchev–Trinajstić information content (AvgIpc) is 3.00. The molecule has 1 aliphatic heterocycles. The van der Waals surface area contributed by atoms with Crippen molar-refractivity contribution in [1.29, 1.82) is 0 Å². The molecule has 1 aromatic heterocycles. The lowest BCUT2D eigenvalue weighted by Crippen LogP contribution is -2.15.